The zero-order chi connectivity index (χ0) is 11.3. The van der Waals surface area contributed by atoms with Gasteiger partial charge in [0, 0.05) is 17.7 Å². The van der Waals surface area contributed by atoms with Crippen molar-refractivity contribution in [3.63, 3.8) is 0 Å². The summed E-state index contributed by atoms with van der Waals surface area (Å²) in [5, 5.41) is 0. The molecule has 1 aromatic carbocycles. The van der Waals surface area contributed by atoms with Gasteiger partial charge in [-0.1, -0.05) is 12.1 Å². The van der Waals surface area contributed by atoms with Crippen molar-refractivity contribution in [3.8, 4) is 5.75 Å². The summed E-state index contributed by atoms with van der Waals surface area (Å²) in [7, 11) is 2.93. The van der Waals surface area contributed by atoms with Crippen LogP contribution >= 0.6 is 0 Å². The molecule has 1 N–H and O–H groups in total. The normalized spacial score (nSPS) is 10.7. The molecule has 15 heavy (non-hydrogen) atoms. The van der Waals surface area contributed by atoms with Gasteiger partial charge in [0.25, 0.3) is 6.43 Å². The predicted octanol–water partition coefficient (Wildman–Crippen LogP) is 2.28. The van der Waals surface area contributed by atoms with Crippen molar-refractivity contribution < 1.29 is 18.4 Å². The lowest BCUT2D eigenvalue weighted by molar-refractivity contribution is 0.0861. The van der Waals surface area contributed by atoms with Gasteiger partial charge in [-0.15, -0.1) is 0 Å². The first kappa shape index (κ1) is 11.9. The molecule has 0 saturated carbocycles. The zero-order valence-corrected chi connectivity index (χ0v) is 8.59. The molecule has 0 aliphatic heterocycles. The van der Waals surface area contributed by atoms with Crippen LogP contribution in [0, 0.1) is 0 Å². The van der Waals surface area contributed by atoms with Gasteiger partial charge in [0.1, 0.15) is 5.75 Å². The van der Waals surface area contributed by atoms with Crippen molar-refractivity contribution in [2.24, 2.45) is 0 Å². The third-order valence-electron chi connectivity index (χ3n) is 1.97. The Kier molecular flexibility index (Phi) is 4.45. The van der Waals surface area contributed by atoms with Gasteiger partial charge in [0.05, 0.1) is 14.2 Å². The Hall–Kier alpha value is -1.20. The largest absolute Gasteiger partial charge is 0.496 e. The molecule has 0 radical (unpaired) electrons. The second-order valence-corrected chi connectivity index (χ2v) is 2.90. The number of hydroxylamine groups is 1. The summed E-state index contributed by atoms with van der Waals surface area (Å²) in [6.45, 7) is 0.406. The number of alkyl halides is 2. The van der Waals surface area contributed by atoms with E-state index in [4.69, 9.17) is 4.74 Å². The molecule has 0 aromatic heterocycles. The molecule has 0 saturated heterocycles. The minimum Gasteiger partial charge on any atom is -0.496 e. The lowest BCUT2D eigenvalue weighted by Gasteiger charge is -2.10. The maximum Gasteiger partial charge on any atom is 0.263 e. The molecule has 0 atom stereocenters. The van der Waals surface area contributed by atoms with Crippen LogP contribution in [0.15, 0.2) is 18.2 Å². The van der Waals surface area contributed by atoms with Gasteiger partial charge in [-0.2, -0.15) is 5.48 Å². The molecule has 0 bridgehead atoms. The molecular formula is C10H13F2NO2. The van der Waals surface area contributed by atoms with E-state index in [1.165, 1.54) is 26.4 Å². The van der Waals surface area contributed by atoms with Gasteiger partial charge in [-0.05, 0) is 6.07 Å². The number of hydrogen-bond donors (Lipinski definition) is 1. The molecule has 0 unspecified atom stereocenters. The van der Waals surface area contributed by atoms with Crippen molar-refractivity contribution in [1.29, 1.82) is 0 Å². The van der Waals surface area contributed by atoms with Crippen molar-refractivity contribution in [2.75, 3.05) is 14.2 Å². The Labute approximate surface area is 87.0 Å². The summed E-state index contributed by atoms with van der Waals surface area (Å²) in [5.74, 6) is 0.428. The Morgan fingerprint density at radius 1 is 1.33 bits per heavy atom. The molecule has 0 amide bonds. The molecule has 0 heterocycles. The maximum absolute atomic E-state index is 12.4. The van der Waals surface area contributed by atoms with Crippen LogP contribution in [0.25, 0.3) is 0 Å². The van der Waals surface area contributed by atoms with Gasteiger partial charge < -0.3 is 9.57 Å². The average Bonchev–Trinajstić information content (AvgIpc) is 2.25. The van der Waals surface area contributed by atoms with Crippen molar-refractivity contribution >= 4 is 0 Å². The minimum absolute atomic E-state index is 0.0481. The van der Waals surface area contributed by atoms with Crippen LogP contribution in [-0.2, 0) is 11.4 Å². The van der Waals surface area contributed by atoms with Crippen LogP contribution < -0.4 is 10.2 Å². The third-order valence-corrected chi connectivity index (χ3v) is 1.97. The first-order chi connectivity index (χ1) is 7.19. The van der Waals surface area contributed by atoms with Crippen LogP contribution in [0.3, 0.4) is 0 Å². The second kappa shape index (κ2) is 5.63. The van der Waals surface area contributed by atoms with E-state index in [1.807, 2.05) is 0 Å². The Morgan fingerprint density at radius 3 is 2.60 bits per heavy atom. The van der Waals surface area contributed by atoms with Gasteiger partial charge in [0.15, 0.2) is 0 Å². The number of nitrogens with one attached hydrogen (secondary N) is 1. The molecule has 84 valence electrons. The fourth-order valence-corrected chi connectivity index (χ4v) is 1.19. The van der Waals surface area contributed by atoms with E-state index in [0.717, 1.165) is 5.56 Å². The smallest absolute Gasteiger partial charge is 0.263 e. The van der Waals surface area contributed by atoms with Crippen LogP contribution in [-0.4, -0.2) is 14.2 Å². The summed E-state index contributed by atoms with van der Waals surface area (Å²) in [6.07, 6.45) is -2.48. The topological polar surface area (TPSA) is 30.5 Å². The van der Waals surface area contributed by atoms with Crippen LogP contribution in [0.5, 0.6) is 5.75 Å². The van der Waals surface area contributed by atoms with Crippen LogP contribution in [0.4, 0.5) is 8.78 Å². The van der Waals surface area contributed by atoms with E-state index in [-0.39, 0.29) is 5.56 Å². The van der Waals surface area contributed by atoms with E-state index >= 15 is 0 Å². The van der Waals surface area contributed by atoms with E-state index in [1.54, 1.807) is 6.07 Å². The fourth-order valence-electron chi connectivity index (χ4n) is 1.19. The van der Waals surface area contributed by atoms with E-state index in [0.29, 0.717) is 12.3 Å². The second-order valence-electron chi connectivity index (χ2n) is 2.90. The van der Waals surface area contributed by atoms with Crippen molar-refractivity contribution in [2.45, 2.75) is 13.0 Å². The highest BCUT2D eigenvalue weighted by atomic mass is 19.3. The summed E-state index contributed by atoms with van der Waals surface area (Å²) in [6, 6.07) is 4.30. The van der Waals surface area contributed by atoms with Gasteiger partial charge in [0.2, 0.25) is 0 Å². The monoisotopic (exact) mass is 217 g/mol. The molecular weight excluding hydrogens is 204 g/mol. The Morgan fingerprint density at radius 2 is 2.07 bits per heavy atom. The van der Waals surface area contributed by atoms with E-state index in [2.05, 4.69) is 10.3 Å². The Balaban J connectivity index is 2.88. The molecule has 3 nitrogen and oxygen atoms in total. The van der Waals surface area contributed by atoms with Crippen molar-refractivity contribution in [1.82, 2.24) is 5.48 Å². The highest BCUT2D eigenvalue weighted by Gasteiger charge is 2.10. The fraction of sp³-hybridized carbons (Fsp3) is 0.400. The highest BCUT2D eigenvalue weighted by molar-refractivity contribution is 5.37. The van der Waals surface area contributed by atoms with Crippen LogP contribution in [0.1, 0.15) is 17.6 Å². The minimum atomic E-state index is -2.48. The Bertz CT molecular complexity index is 318. The number of ether oxygens (including phenoxy) is 1. The molecule has 0 aliphatic rings. The maximum atomic E-state index is 12.4. The molecule has 1 aromatic rings. The van der Waals surface area contributed by atoms with E-state index in [9.17, 15) is 8.78 Å². The molecule has 0 fully saturated rings. The molecule has 1 rings (SSSR count). The number of benzene rings is 1. The zero-order valence-electron chi connectivity index (χ0n) is 8.59. The van der Waals surface area contributed by atoms with Gasteiger partial charge in [-0.3, -0.25) is 0 Å². The molecule has 0 spiro atoms. The quantitative estimate of drug-likeness (QED) is 0.767. The van der Waals surface area contributed by atoms with Gasteiger partial charge in [-0.25, -0.2) is 8.78 Å². The first-order valence-electron chi connectivity index (χ1n) is 4.39. The van der Waals surface area contributed by atoms with Crippen LogP contribution in [0.2, 0.25) is 0 Å². The SMILES string of the molecule is CONCc1ccc(C(F)F)cc1OC. The molecule has 5 heteroatoms. The lowest BCUT2D eigenvalue weighted by atomic mass is 10.1. The summed E-state index contributed by atoms with van der Waals surface area (Å²) < 4.78 is 29.7. The lowest BCUT2D eigenvalue weighted by Crippen LogP contribution is -2.11. The number of halogens is 2. The number of rotatable bonds is 5. The van der Waals surface area contributed by atoms with Crippen molar-refractivity contribution in [3.05, 3.63) is 29.3 Å². The number of methoxy groups -OCH3 is 1. The molecule has 0 aliphatic carbocycles. The summed E-state index contributed by atoms with van der Waals surface area (Å²) >= 11 is 0. The summed E-state index contributed by atoms with van der Waals surface area (Å²) in [5.41, 5.74) is 3.34. The number of hydrogen-bond acceptors (Lipinski definition) is 3. The third kappa shape index (κ3) is 3.14. The van der Waals surface area contributed by atoms with E-state index < -0.39 is 6.43 Å². The average molecular weight is 217 g/mol. The standard InChI is InChI=1S/C10H13F2NO2/c1-14-9-5-7(10(11)12)3-4-8(9)6-13-15-2/h3-5,10,13H,6H2,1-2H3. The highest BCUT2D eigenvalue weighted by Crippen LogP contribution is 2.26. The predicted molar refractivity (Wildman–Crippen MR) is 51.8 cm³/mol. The first-order valence-corrected chi connectivity index (χ1v) is 4.39. The summed E-state index contributed by atoms with van der Waals surface area (Å²) in [4.78, 5) is 4.67. The van der Waals surface area contributed by atoms with Gasteiger partial charge >= 0.3 is 0 Å².